The van der Waals surface area contributed by atoms with Crippen molar-refractivity contribution in [2.75, 3.05) is 6.54 Å². The van der Waals surface area contributed by atoms with Gasteiger partial charge in [-0.1, -0.05) is 17.7 Å². The van der Waals surface area contributed by atoms with Crippen molar-refractivity contribution in [3.63, 3.8) is 0 Å². The second-order valence-corrected chi connectivity index (χ2v) is 7.12. The molecule has 0 radical (unpaired) electrons. The van der Waals surface area contributed by atoms with E-state index in [0.717, 1.165) is 41.4 Å². The van der Waals surface area contributed by atoms with Crippen molar-refractivity contribution in [1.29, 1.82) is 0 Å². The van der Waals surface area contributed by atoms with Gasteiger partial charge in [-0.3, -0.25) is 9.88 Å². The van der Waals surface area contributed by atoms with Crippen LogP contribution in [0, 0.1) is 0 Å². The van der Waals surface area contributed by atoms with Gasteiger partial charge in [0.05, 0.1) is 5.69 Å². The summed E-state index contributed by atoms with van der Waals surface area (Å²) in [5, 5.41) is 0.662. The molecule has 0 fully saturated rings. The molecule has 3 aromatic rings. The van der Waals surface area contributed by atoms with Crippen LogP contribution in [0.25, 0.3) is 11.4 Å². The quantitative estimate of drug-likeness (QED) is 0.630. The molecule has 4 nitrogen and oxygen atoms in total. The highest BCUT2D eigenvalue weighted by atomic mass is 35.5. The van der Waals surface area contributed by atoms with E-state index in [1.165, 1.54) is 12.3 Å². The van der Waals surface area contributed by atoms with Crippen molar-refractivity contribution in [2.24, 2.45) is 0 Å². The van der Waals surface area contributed by atoms with Crippen molar-refractivity contribution in [3.05, 3.63) is 76.3 Å². The van der Waals surface area contributed by atoms with E-state index in [1.54, 1.807) is 12.1 Å². The number of alkyl halides is 3. The Labute approximate surface area is 165 Å². The van der Waals surface area contributed by atoms with Crippen LogP contribution in [0.1, 0.15) is 22.5 Å². The Hall–Kier alpha value is -2.51. The number of rotatable bonds is 3. The summed E-state index contributed by atoms with van der Waals surface area (Å²) in [6.07, 6.45) is -0.545. The second-order valence-electron chi connectivity index (χ2n) is 6.68. The maximum atomic E-state index is 12.6. The standard InChI is InChI=1S/C20H16ClF3N4/c21-16-4-2-14(3-5-16)19-26-10-15-12-28(8-7-17(15)27-19)11-13-1-6-18(25-9-13)20(22,23)24/h1-6,9-10H,7-8,11-12H2. The van der Waals surface area contributed by atoms with Crippen molar-refractivity contribution < 1.29 is 13.2 Å². The lowest BCUT2D eigenvalue weighted by atomic mass is 10.1. The topological polar surface area (TPSA) is 41.9 Å². The zero-order chi connectivity index (χ0) is 19.7. The van der Waals surface area contributed by atoms with Crippen LogP contribution in [-0.4, -0.2) is 26.4 Å². The highest BCUT2D eigenvalue weighted by Crippen LogP contribution is 2.28. The molecule has 144 valence electrons. The predicted molar refractivity (Wildman–Crippen MR) is 99.5 cm³/mol. The van der Waals surface area contributed by atoms with Crippen molar-refractivity contribution in [2.45, 2.75) is 25.7 Å². The van der Waals surface area contributed by atoms with Gasteiger partial charge in [0.2, 0.25) is 0 Å². The summed E-state index contributed by atoms with van der Waals surface area (Å²) in [5.41, 5.74) is 2.81. The van der Waals surface area contributed by atoms with Crippen molar-refractivity contribution in [3.8, 4) is 11.4 Å². The van der Waals surface area contributed by atoms with Crippen molar-refractivity contribution >= 4 is 11.6 Å². The van der Waals surface area contributed by atoms with Crippen LogP contribution in [0.4, 0.5) is 13.2 Å². The Morgan fingerprint density at radius 3 is 2.46 bits per heavy atom. The lowest BCUT2D eigenvalue weighted by Gasteiger charge is -2.28. The molecule has 8 heteroatoms. The van der Waals surface area contributed by atoms with E-state index in [4.69, 9.17) is 11.6 Å². The number of hydrogen-bond acceptors (Lipinski definition) is 4. The third kappa shape index (κ3) is 4.15. The van der Waals surface area contributed by atoms with Gasteiger partial charge in [0, 0.05) is 54.6 Å². The smallest absolute Gasteiger partial charge is 0.294 e. The normalized spacial score (nSPS) is 14.7. The van der Waals surface area contributed by atoms with Crippen LogP contribution in [0.2, 0.25) is 5.02 Å². The molecule has 0 N–H and O–H groups in total. The minimum Gasteiger partial charge on any atom is -0.294 e. The Balaban J connectivity index is 1.45. The summed E-state index contributed by atoms with van der Waals surface area (Å²) in [6.45, 7) is 1.95. The zero-order valence-electron chi connectivity index (χ0n) is 14.7. The maximum absolute atomic E-state index is 12.6. The highest BCUT2D eigenvalue weighted by molar-refractivity contribution is 6.30. The van der Waals surface area contributed by atoms with E-state index in [0.29, 0.717) is 23.9 Å². The van der Waals surface area contributed by atoms with Gasteiger partial charge >= 0.3 is 6.18 Å². The molecule has 4 rings (SSSR count). The van der Waals surface area contributed by atoms with E-state index in [2.05, 4.69) is 19.9 Å². The average Bonchev–Trinajstić information content (AvgIpc) is 2.68. The Morgan fingerprint density at radius 2 is 1.79 bits per heavy atom. The number of halogens is 4. The summed E-state index contributed by atoms with van der Waals surface area (Å²) in [6, 6.07) is 9.88. The van der Waals surface area contributed by atoms with Gasteiger partial charge in [-0.25, -0.2) is 9.97 Å². The monoisotopic (exact) mass is 404 g/mol. The molecule has 0 aliphatic carbocycles. The van der Waals surface area contributed by atoms with Crippen LogP contribution >= 0.6 is 11.6 Å². The summed E-state index contributed by atoms with van der Waals surface area (Å²) in [7, 11) is 0. The maximum Gasteiger partial charge on any atom is 0.433 e. The third-order valence-corrected chi connectivity index (χ3v) is 4.89. The predicted octanol–water partition coefficient (Wildman–Crippen LogP) is 4.77. The molecule has 3 heterocycles. The highest BCUT2D eigenvalue weighted by Gasteiger charge is 2.32. The molecule has 0 saturated heterocycles. The Bertz CT molecular complexity index is 972. The van der Waals surface area contributed by atoms with Gasteiger partial charge in [0.15, 0.2) is 5.82 Å². The number of pyridine rings is 1. The lowest BCUT2D eigenvalue weighted by molar-refractivity contribution is -0.141. The number of fused-ring (bicyclic) bond motifs is 1. The minimum atomic E-state index is -4.41. The summed E-state index contributed by atoms with van der Waals surface area (Å²) in [4.78, 5) is 14.8. The second kappa shape index (κ2) is 7.48. The summed E-state index contributed by atoms with van der Waals surface area (Å²) in [5.74, 6) is 0.663. The summed E-state index contributed by atoms with van der Waals surface area (Å²) < 4.78 is 37.9. The third-order valence-electron chi connectivity index (χ3n) is 4.64. The fourth-order valence-electron chi connectivity index (χ4n) is 3.19. The van der Waals surface area contributed by atoms with Crippen molar-refractivity contribution in [1.82, 2.24) is 19.9 Å². The van der Waals surface area contributed by atoms with Crippen LogP contribution in [0.3, 0.4) is 0 Å². The molecule has 0 amide bonds. The molecule has 1 aliphatic rings. The van der Waals surface area contributed by atoms with E-state index >= 15 is 0 Å². The fraction of sp³-hybridized carbons (Fsp3) is 0.250. The molecule has 1 aromatic carbocycles. The first-order chi connectivity index (χ1) is 13.4. The van der Waals surface area contributed by atoms with E-state index in [-0.39, 0.29) is 0 Å². The number of benzene rings is 1. The van der Waals surface area contributed by atoms with Crippen LogP contribution in [-0.2, 0) is 25.7 Å². The largest absolute Gasteiger partial charge is 0.433 e. The van der Waals surface area contributed by atoms with Gasteiger partial charge in [0.1, 0.15) is 5.69 Å². The SMILES string of the molecule is FC(F)(F)c1ccc(CN2CCc3nc(-c4ccc(Cl)cc4)ncc3C2)cn1. The molecule has 0 unspecified atom stereocenters. The first-order valence-corrected chi connectivity index (χ1v) is 9.11. The number of aromatic nitrogens is 3. The van der Waals surface area contributed by atoms with Gasteiger partial charge in [-0.2, -0.15) is 13.2 Å². The van der Waals surface area contributed by atoms with E-state index in [1.807, 2.05) is 18.3 Å². The fourth-order valence-corrected chi connectivity index (χ4v) is 3.32. The average molecular weight is 405 g/mol. The van der Waals surface area contributed by atoms with Gasteiger partial charge in [-0.05, 0) is 35.9 Å². The van der Waals surface area contributed by atoms with E-state index < -0.39 is 11.9 Å². The molecule has 28 heavy (non-hydrogen) atoms. The first kappa shape index (κ1) is 18.8. The molecule has 0 bridgehead atoms. The molecule has 2 aromatic heterocycles. The number of hydrogen-bond donors (Lipinski definition) is 0. The Morgan fingerprint density at radius 1 is 1.00 bits per heavy atom. The minimum absolute atomic E-state index is 0.531. The van der Waals surface area contributed by atoms with Gasteiger partial charge in [-0.15, -0.1) is 0 Å². The van der Waals surface area contributed by atoms with Gasteiger partial charge in [0.25, 0.3) is 0 Å². The van der Waals surface area contributed by atoms with Crippen LogP contribution in [0.15, 0.2) is 48.8 Å². The van der Waals surface area contributed by atoms with Crippen LogP contribution < -0.4 is 0 Å². The zero-order valence-corrected chi connectivity index (χ0v) is 15.5. The molecule has 0 atom stereocenters. The lowest BCUT2D eigenvalue weighted by Crippen LogP contribution is -2.31. The first-order valence-electron chi connectivity index (χ1n) is 8.74. The molecule has 0 spiro atoms. The molecular formula is C20H16ClF3N4. The summed E-state index contributed by atoms with van der Waals surface area (Å²) >= 11 is 5.92. The number of nitrogens with zero attached hydrogens (tertiary/aromatic N) is 4. The molecule has 0 saturated carbocycles. The van der Waals surface area contributed by atoms with Gasteiger partial charge < -0.3 is 0 Å². The van der Waals surface area contributed by atoms with Crippen LogP contribution in [0.5, 0.6) is 0 Å². The molecule has 1 aliphatic heterocycles. The Kier molecular flexibility index (Phi) is 5.03. The van der Waals surface area contributed by atoms with E-state index in [9.17, 15) is 13.2 Å². The molecular weight excluding hydrogens is 389 g/mol.